The van der Waals surface area contributed by atoms with Gasteiger partial charge in [0.15, 0.2) is 0 Å². The van der Waals surface area contributed by atoms with E-state index in [0.717, 1.165) is 19.0 Å². The molecule has 67 valence electrons. The van der Waals surface area contributed by atoms with Crippen LogP contribution in [0.1, 0.15) is 12.8 Å². The molecular formula is C7H12N3W2. The van der Waals surface area contributed by atoms with Gasteiger partial charge in [0.2, 0.25) is 0 Å². The van der Waals surface area contributed by atoms with Gasteiger partial charge in [-0.2, -0.15) is 0 Å². The second-order valence-electron chi connectivity index (χ2n) is 2.76. The molecule has 0 amide bonds. The van der Waals surface area contributed by atoms with Crippen molar-refractivity contribution in [3.8, 4) is 0 Å². The van der Waals surface area contributed by atoms with Crippen LogP contribution in [0.3, 0.4) is 0 Å². The number of fused-ring (bicyclic) bond motifs is 1. The van der Waals surface area contributed by atoms with Crippen molar-refractivity contribution < 1.29 is 31.9 Å². The molecule has 0 bridgehead atoms. The Morgan fingerprint density at radius 2 is 2.08 bits per heavy atom. The molecule has 2 aliphatic rings. The molecule has 2 aliphatic heterocycles. The molecule has 1 fully saturated rings. The van der Waals surface area contributed by atoms with E-state index in [1.54, 1.807) is 31.9 Å². The predicted octanol–water partition coefficient (Wildman–Crippen LogP) is 0.821. The third kappa shape index (κ3) is 2.85. The van der Waals surface area contributed by atoms with Crippen LogP contribution in [0, 0.1) is 0 Å². The molecule has 1 saturated heterocycles. The van der Waals surface area contributed by atoms with Gasteiger partial charge in [-0.1, -0.05) is 0 Å². The van der Waals surface area contributed by atoms with Crippen molar-refractivity contribution in [2.24, 2.45) is 4.99 Å². The molecule has 0 aromatic heterocycles. The molecule has 12 heavy (non-hydrogen) atoms. The second-order valence-corrected chi connectivity index (χ2v) is 2.76. The molecule has 0 aliphatic carbocycles. The third-order valence-corrected chi connectivity index (χ3v) is 1.96. The van der Waals surface area contributed by atoms with Crippen LogP contribution in [0.25, 0.3) is 5.32 Å². The maximum atomic E-state index is 4.33. The van der Waals surface area contributed by atoms with E-state index in [4.69, 9.17) is 0 Å². The van der Waals surface area contributed by atoms with Gasteiger partial charge in [-0.05, 0) is 39.0 Å². The average Bonchev–Trinajstić information content (AvgIpc) is 2.21. The molecule has 2 heterocycles. The average molecular weight is 506 g/mol. The topological polar surface area (TPSA) is 29.7 Å². The minimum atomic E-state index is 0.981. The van der Waals surface area contributed by atoms with Gasteiger partial charge in [0.1, 0.15) is 0 Å². The molecule has 3 nitrogen and oxygen atoms in total. The van der Waals surface area contributed by atoms with E-state index < -0.39 is 0 Å². The number of guanidine groups is 1. The van der Waals surface area contributed by atoms with E-state index in [1.807, 2.05) is 0 Å². The Bertz CT molecular complexity index is 190. The third-order valence-electron chi connectivity index (χ3n) is 1.96. The van der Waals surface area contributed by atoms with Crippen LogP contribution in [0.15, 0.2) is 4.99 Å². The van der Waals surface area contributed by atoms with Crippen molar-refractivity contribution >= 4 is 5.96 Å². The van der Waals surface area contributed by atoms with Crippen molar-refractivity contribution in [2.75, 3.05) is 26.2 Å². The fraction of sp³-hybridized carbons (Fsp3) is 0.857. The summed E-state index contributed by atoms with van der Waals surface area (Å²) in [5, 5.41) is 4.33. The Kier molecular flexibility index (Phi) is 5.50. The second kappa shape index (κ2) is 6.15. The van der Waals surface area contributed by atoms with Crippen LogP contribution >= 0.6 is 0 Å². The van der Waals surface area contributed by atoms with Crippen LogP contribution in [-0.4, -0.2) is 37.0 Å². The maximum absolute atomic E-state index is 4.33. The summed E-state index contributed by atoms with van der Waals surface area (Å²) in [5.41, 5.74) is 0. The fourth-order valence-electron chi connectivity index (χ4n) is 1.44. The molecule has 5 heteroatoms. The Hall–Kier alpha value is 0.647. The SMILES string of the molecule is C1CN=C2[N-]CCCN2C1.[W]#[W+]. The molecule has 0 saturated carbocycles. The summed E-state index contributed by atoms with van der Waals surface area (Å²) < 4.78 is 0. The molecule has 0 atom stereocenters. The first kappa shape index (κ1) is 10.7. The monoisotopic (exact) mass is 506 g/mol. The molecule has 0 aromatic rings. The molecule has 0 N–H and O–H groups in total. The van der Waals surface area contributed by atoms with E-state index in [-0.39, 0.29) is 0 Å². The summed E-state index contributed by atoms with van der Waals surface area (Å²) in [6.07, 6.45) is 2.41. The molecule has 0 unspecified atom stereocenters. The Balaban J connectivity index is 0.000000336. The van der Waals surface area contributed by atoms with Gasteiger partial charge >= 0.3 is 31.9 Å². The summed E-state index contributed by atoms with van der Waals surface area (Å²) >= 11 is 3.33. The van der Waals surface area contributed by atoms with Crippen LogP contribution in [-0.2, 0) is 31.9 Å². The van der Waals surface area contributed by atoms with E-state index in [0.29, 0.717) is 0 Å². The summed E-state index contributed by atoms with van der Waals surface area (Å²) in [6.45, 7) is 4.30. The zero-order valence-electron chi connectivity index (χ0n) is 6.90. The van der Waals surface area contributed by atoms with Crippen molar-refractivity contribution in [2.45, 2.75) is 12.8 Å². The number of nitrogens with zero attached hydrogens (tertiary/aromatic N) is 3. The molecule has 0 spiro atoms. The van der Waals surface area contributed by atoms with E-state index in [1.165, 1.54) is 25.9 Å². The van der Waals surface area contributed by atoms with Gasteiger partial charge in [-0.15, -0.1) is 0 Å². The number of hydrogen-bond donors (Lipinski definition) is 0. The van der Waals surface area contributed by atoms with Crippen molar-refractivity contribution in [1.82, 2.24) is 4.90 Å². The van der Waals surface area contributed by atoms with Gasteiger partial charge in [0, 0.05) is 5.96 Å². The van der Waals surface area contributed by atoms with E-state index in [2.05, 4.69) is 15.2 Å². The van der Waals surface area contributed by atoms with Crippen molar-refractivity contribution in [1.29, 1.82) is 0 Å². The first-order chi connectivity index (χ1) is 5.97. The van der Waals surface area contributed by atoms with Crippen LogP contribution in [0.2, 0.25) is 0 Å². The zero-order chi connectivity index (χ0) is 8.81. The standard InChI is InChI=1S/C7H12N3.2W/c1-3-8-7-9-4-2-6-10(7)5-1;;/h1-6H2;;/q-1;;+1. The predicted molar refractivity (Wildman–Crippen MR) is 41.3 cm³/mol. The Morgan fingerprint density at radius 3 is 2.83 bits per heavy atom. The van der Waals surface area contributed by atoms with Crippen LogP contribution in [0.4, 0.5) is 0 Å². The fourth-order valence-corrected chi connectivity index (χ4v) is 1.44. The molecular weight excluding hydrogens is 494 g/mol. The number of aliphatic imine (C=N–C) groups is 1. The van der Waals surface area contributed by atoms with E-state index >= 15 is 0 Å². The Morgan fingerprint density at radius 1 is 1.33 bits per heavy atom. The number of hydrogen-bond acceptors (Lipinski definition) is 2. The summed E-state index contributed by atoms with van der Waals surface area (Å²) in [7, 11) is 0. The van der Waals surface area contributed by atoms with Crippen LogP contribution < -0.4 is 0 Å². The molecule has 2 rings (SSSR count). The summed E-state index contributed by atoms with van der Waals surface area (Å²) in [4.78, 5) is 6.61. The minimum absolute atomic E-state index is 0.981. The van der Waals surface area contributed by atoms with Gasteiger partial charge in [-0.3, -0.25) is 0 Å². The first-order valence-corrected chi connectivity index (χ1v) is 15.1. The van der Waals surface area contributed by atoms with E-state index in [9.17, 15) is 0 Å². The zero-order valence-corrected chi connectivity index (χ0v) is 12.8. The number of rotatable bonds is 0. The van der Waals surface area contributed by atoms with Gasteiger partial charge < -0.3 is 15.2 Å². The summed E-state index contributed by atoms with van der Waals surface area (Å²) in [5.74, 6) is 1.01. The normalized spacial score (nSPS) is 20.8. The van der Waals surface area contributed by atoms with Gasteiger partial charge in [-0.25, -0.2) is 0 Å². The molecule has 0 radical (unpaired) electrons. The van der Waals surface area contributed by atoms with Gasteiger partial charge in [0.25, 0.3) is 0 Å². The Labute approximate surface area is 91.6 Å². The quantitative estimate of drug-likeness (QED) is 0.479. The van der Waals surface area contributed by atoms with Crippen molar-refractivity contribution in [3.63, 3.8) is 0 Å². The van der Waals surface area contributed by atoms with Crippen molar-refractivity contribution in [3.05, 3.63) is 5.32 Å². The molecule has 0 aromatic carbocycles. The summed E-state index contributed by atoms with van der Waals surface area (Å²) in [6, 6.07) is 0. The van der Waals surface area contributed by atoms with Crippen LogP contribution in [0.5, 0.6) is 0 Å². The van der Waals surface area contributed by atoms with Gasteiger partial charge in [0.05, 0.1) is 0 Å². The first-order valence-electron chi connectivity index (χ1n) is 4.10.